The van der Waals surface area contributed by atoms with Gasteiger partial charge in [-0.25, -0.2) is 0 Å². The molecule has 0 amide bonds. The van der Waals surface area contributed by atoms with Gasteiger partial charge in [0.15, 0.2) is 6.10 Å². The molecule has 5 heteroatoms. The Morgan fingerprint density at radius 2 is 1.02 bits per heavy atom. The zero-order chi connectivity index (χ0) is 32.2. The second-order valence-electron chi connectivity index (χ2n) is 11.8. The summed E-state index contributed by atoms with van der Waals surface area (Å²) in [7, 11) is 0. The molecule has 0 fully saturated rings. The molecule has 0 saturated heterocycles. The lowest BCUT2D eigenvalue weighted by Gasteiger charge is -2.18. The molecule has 0 radical (unpaired) electrons. The summed E-state index contributed by atoms with van der Waals surface area (Å²) in [6, 6.07) is 0. The highest BCUT2D eigenvalue weighted by Gasteiger charge is 2.17. The number of allylic oxidation sites excluding steroid dienone is 8. The van der Waals surface area contributed by atoms with Gasteiger partial charge >= 0.3 is 11.9 Å². The zero-order valence-corrected chi connectivity index (χ0v) is 28.9. The number of esters is 2. The molecule has 5 nitrogen and oxygen atoms in total. The third-order valence-corrected chi connectivity index (χ3v) is 7.39. The number of rotatable bonds is 32. The highest BCUT2D eigenvalue weighted by atomic mass is 16.6. The third-order valence-electron chi connectivity index (χ3n) is 7.39. The molecule has 0 aliphatic carbocycles. The van der Waals surface area contributed by atoms with Crippen molar-refractivity contribution in [2.45, 2.75) is 168 Å². The number of unbranched alkanes of at least 4 members (excludes halogenated alkanes) is 13. The summed E-state index contributed by atoms with van der Waals surface area (Å²) in [5.41, 5.74) is 0. The number of hydrogen-bond acceptors (Lipinski definition) is 5. The van der Waals surface area contributed by atoms with Crippen LogP contribution in [0.15, 0.2) is 48.6 Å². The molecule has 254 valence electrons. The summed E-state index contributed by atoms with van der Waals surface area (Å²) in [6.07, 6.45) is 39.9. The van der Waals surface area contributed by atoms with Crippen molar-refractivity contribution in [3.05, 3.63) is 48.6 Å². The maximum atomic E-state index is 12.4. The van der Waals surface area contributed by atoms with Gasteiger partial charge in [-0.1, -0.05) is 153 Å². The highest BCUT2D eigenvalue weighted by Crippen LogP contribution is 2.11. The van der Waals surface area contributed by atoms with E-state index in [4.69, 9.17) is 14.2 Å². The molecule has 0 aromatic rings. The van der Waals surface area contributed by atoms with E-state index >= 15 is 0 Å². The third kappa shape index (κ3) is 32.8. The molecule has 0 N–H and O–H groups in total. The monoisotopic (exact) mass is 617 g/mol. The Morgan fingerprint density at radius 3 is 1.59 bits per heavy atom. The van der Waals surface area contributed by atoms with E-state index < -0.39 is 6.10 Å². The van der Waals surface area contributed by atoms with Crippen LogP contribution in [0.3, 0.4) is 0 Å². The van der Waals surface area contributed by atoms with Crippen LogP contribution in [0.2, 0.25) is 0 Å². The summed E-state index contributed by atoms with van der Waals surface area (Å²) in [4.78, 5) is 24.7. The van der Waals surface area contributed by atoms with Crippen molar-refractivity contribution < 1.29 is 23.8 Å². The molecule has 0 heterocycles. The van der Waals surface area contributed by atoms with Crippen molar-refractivity contribution in [1.29, 1.82) is 0 Å². The number of ether oxygens (including phenoxy) is 3. The van der Waals surface area contributed by atoms with Crippen LogP contribution < -0.4 is 0 Å². The van der Waals surface area contributed by atoms with E-state index in [0.29, 0.717) is 25.9 Å². The SMILES string of the molecule is CC/C=C\C/C=C\C/C=C\C/C=C\CCC(=O)OCC(COCCCCCCCCCCCC)OC(=O)CCCCCCC. The van der Waals surface area contributed by atoms with Gasteiger partial charge in [-0.3, -0.25) is 9.59 Å². The Hall–Kier alpha value is -2.14. The van der Waals surface area contributed by atoms with Gasteiger partial charge < -0.3 is 14.2 Å². The molecule has 0 bridgehead atoms. The first-order valence-electron chi connectivity index (χ1n) is 18.2. The van der Waals surface area contributed by atoms with Crippen LogP contribution in [0.4, 0.5) is 0 Å². The molecule has 0 aromatic heterocycles. The maximum Gasteiger partial charge on any atom is 0.306 e. The average molecular weight is 617 g/mol. The topological polar surface area (TPSA) is 61.8 Å². The standard InChI is InChI=1S/C39H68O5/c1-4-7-10-13-15-17-19-20-21-22-24-27-29-32-38(40)43-36-37(44-39(41)33-30-26-12-9-6-3)35-42-34-31-28-25-23-18-16-14-11-8-5-2/h7,10,15,17,20-21,24,27,37H,4-6,8-9,11-14,16,18-19,22-23,25-26,28-36H2,1-3H3/b10-7-,17-15-,21-20-,27-24-. The fourth-order valence-corrected chi connectivity index (χ4v) is 4.70. The minimum Gasteiger partial charge on any atom is -0.462 e. The molecule has 1 unspecified atom stereocenters. The average Bonchev–Trinajstić information content (AvgIpc) is 3.02. The smallest absolute Gasteiger partial charge is 0.306 e. The minimum absolute atomic E-state index is 0.0483. The van der Waals surface area contributed by atoms with Gasteiger partial charge in [0.2, 0.25) is 0 Å². The second kappa shape index (κ2) is 35.3. The first-order valence-corrected chi connectivity index (χ1v) is 18.2. The largest absolute Gasteiger partial charge is 0.462 e. The first-order chi connectivity index (χ1) is 21.6. The van der Waals surface area contributed by atoms with Crippen LogP contribution in [0.5, 0.6) is 0 Å². The maximum absolute atomic E-state index is 12.4. The van der Waals surface area contributed by atoms with E-state index in [9.17, 15) is 9.59 Å². The molecule has 0 saturated carbocycles. The summed E-state index contributed by atoms with van der Waals surface area (Å²) in [5.74, 6) is -0.507. The van der Waals surface area contributed by atoms with Crippen LogP contribution in [-0.2, 0) is 23.8 Å². The van der Waals surface area contributed by atoms with E-state index in [1.807, 2.05) is 6.08 Å². The van der Waals surface area contributed by atoms with E-state index in [1.165, 1.54) is 64.2 Å². The van der Waals surface area contributed by atoms with Crippen LogP contribution in [0.25, 0.3) is 0 Å². The van der Waals surface area contributed by atoms with E-state index in [1.54, 1.807) is 0 Å². The highest BCUT2D eigenvalue weighted by molar-refractivity contribution is 5.70. The number of hydrogen-bond donors (Lipinski definition) is 0. The summed E-state index contributed by atoms with van der Waals surface area (Å²) >= 11 is 0. The molecule has 0 aliphatic rings. The van der Waals surface area contributed by atoms with Crippen LogP contribution in [0, 0.1) is 0 Å². The van der Waals surface area contributed by atoms with Crippen LogP contribution in [0.1, 0.15) is 162 Å². The molecule has 0 spiro atoms. The van der Waals surface area contributed by atoms with Crippen molar-refractivity contribution in [2.24, 2.45) is 0 Å². The zero-order valence-electron chi connectivity index (χ0n) is 28.9. The van der Waals surface area contributed by atoms with E-state index in [-0.39, 0.29) is 25.2 Å². The van der Waals surface area contributed by atoms with Gasteiger partial charge in [0, 0.05) is 19.4 Å². The lowest BCUT2D eigenvalue weighted by atomic mass is 10.1. The van der Waals surface area contributed by atoms with Crippen LogP contribution in [-0.4, -0.2) is 37.9 Å². The van der Waals surface area contributed by atoms with Crippen molar-refractivity contribution in [3.8, 4) is 0 Å². The first kappa shape index (κ1) is 41.9. The molecule has 0 rings (SSSR count). The minimum atomic E-state index is -0.553. The second-order valence-corrected chi connectivity index (χ2v) is 11.8. The number of carbonyl (C=O) groups is 2. The Labute approximate surface area is 272 Å². The molecular weight excluding hydrogens is 548 g/mol. The number of carbonyl (C=O) groups excluding carboxylic acids is 2. The molecule has 44 heavy (non-hydrogen) atoms. The quantitative estimate of drug-likeness (QED) is 0.0427. The summed E-state index contributed by atoms with van der Waals surface area (Å²) in [5, 5.41) is 0. The van der Waals surface area contributed by atoms with Gasteiger partial charge in [-0.2, -0.15) is 0 Å². The summed E-state index contributed by atoms with van der Waals surface area (Å²) in [6.45, 7) is 7.53. The lowest BCUT2D eigenvalue weighted by molar-refractivity contribution is -0.162. The Kier molecular flexibility index (Phi) is 33.6. The van der Waals surface area contributed by atoms with Gasteiger partial charge in [0.25, 0.3) is 0 Å². The molecule has 1 atom stereocenters. The van der Waals surface area contributed by atoms with Gasteiger partial charge in [-0.15, -0.1) is 0 Å². The Bertz CT molecular complexity index is 752. The molecular formula is C39H68O5. The van der Waals surface area contributed by atoms with Gasteiger partial charge in [0.05, 0.1) is 6.61 Å². The van der Waals surface area contributed by atoms with E-state index in [2.05, 4.69) is 63.3 Å². The normalized spacial score (nSPS) is 12.7. The predicted molar refractivity (Wildman–Crippen MR) is 187 cm³/mol. The fraction of sp³-hybridized carbons (Fsp3) is 0.744. The Morgan fingerprint density at radius 1 is 0.523 bits per heavy atom. The lowest BCUT2D eigenvalue weighted by Crippen LogP contribution is -2.30. The van der Waals surface area contributed by atoms with Crippen molar-refractivity contribution in [1.82, 2.24) is 0 Å². The van der Waals surface area contributed by atoms with E-state index in [0.717, 1.165) is 57.8 Å². The Balaban J connectivity index is 4.25. The van der Waals surface area contributed by atoms with Gasteiger partial charge in [0.1, 0.15) is 6.61 Å². The predicted octanol–water partition coefficient (Wildman–Crippen LogP) is 11.3. The van der Waals surface area contributed by atoms with Crippen molar-refractivity contribution in [2.75, 3.05) is 19.8 Å². The van der Waals surface area contributed by atoms with Crippen molar-refractivity contribution in [3.63, 3.8) is 0 Å². The van der Waals surface area contributed by atoms with Crippen LogP contribution >= 0.6 is 0 Å². The molecule has 0 aliphatic heterocycles. The molecule has 0 aromatic carbocycles. The van der Waals surface area contributed by atoms with Gasteiger partial charge in [-0.05, 0) is 44.9 Å². The fourth-order valence-electron chi connectivity index (χ4n) is 4.70. The summed E-state index contributed by atoms with van der Waals surface area (Å²) < 4.78 is 17.0. The van der Waals surface area contributed by atoms with Crippen molar-refractivity contribution >= 4 is 11.9 Å².